The highest BCUT2D eigenvalue weighted by Crippen LogP contribution is 2.31. The molecule has 222 valence electrons. The molecule has 1 aromatic heterocycles. The maximum Gasteiger partial charge on any atom is 0.573 e. The number of carbonyl (C=O) groups is 1. The topological polar surface area (TPSA) is 85.0 Å². The van der Waals surface area contributed by atoms with Gasteiger partial charge in [-0.3, -0.25) is 4.79 Å². The average molecular weight is 607 g/mol. The number of hydrogen-bond donors (Lipinski definition) is 0. The zero-order valence-electron chi connectivity index (χ0n) is 23.7. The second kappa shape index (κ2) is 12.8. The number of benzene rings is 3. The van der Waals surface area contributed by atoms with Gasteiger partial charge in [0.1, 0.15) is 11.6 Å². The highest BCUT2D eigenvalue weighted by molar-refractivity contribution is 8.14. The second-order valence-electron chi connectivity index (χ2n) is 10.0. The Morgan fingerprint density at radius 3 is 2.44 bits per heavy atom. The Bertz CT molecular complexity index is 1650. The van der Waals surface area contributed by atoms with E-state index in [-0.39, 0.29) is 24.0 Å². The zero-order chi connectivity index (χ0) is 30.6. The van der Waals surface area contributed by atoms with Crippen molar-refractivity contribution in [1.29, 1.82) is 0 Å². The monoisotopic (exact) mass is 606 g/mol. The van der Waals surface area contributed by atoms with Crippen molar-refractivity contribution in [1.82, 2.24) is 14.8 Å². The Labute approximate surface area is 251 Å². The van der Waals surface area contributed by atoms with Crippen molar-refractivity contribution in [3.63, 3.8) is 0 Å². The van der Waals surface area contributed by atoms with Crippen LogP contribution in [0.1, 0.15) is 43.6 Å². The molecule has 12 heteroatoms. The molecule has 0 amide bonds. The number of ether oxygens (including phenoxy) is 1. The Morgan fingerprint density at radius 1 is 1.05 bits per heavy atom. The van der Waals surface area contributed by atoms with E-state index in [1.165, 1.54) is 36.0 Å². The predicted molar refractivity (Wildman–Crippen MR) is 163 cm³/mol. The first-order valence-corrected chi connectivity index (χ1v) is 14.6. The van der Waals surface area contributed by atoms with Crippen molar-refractivity contribution < 1.29 is 22.7 Å². The minimum Gasteiger partial charge on any atom is -0.406 e. The van der Waals surface area contributed by atoms with Gasteiger partial charge in [0.05, 0.1) is 24.2 Å². The van der Waals surface area contributed by atoms with E-state index in [1.54, 1.807) is 10.9 Å². The van der Waals surface area contributed by atoms with E-state index < -0.39 is 6.36 Å². The quantitative estimate of drug-likeness (QED) is 0.158. The molecule has 1 aliphatic rings. The summed E-state index contributed by atoms with van der Waals surface area (Å²) in [6.45, 7) is 6.42. The van der Waals surface area contributed by atoms with Crippen LogP contribution < -0.4 is 9.64 Å². The number of nitrogens with zero attached hydrogens (tertiary/aromatic N) is 6. The Morgan fingerprint density at radius 2 is 1.77 bits per heavy atom. The van der Waals surface area contributed by atoms with Crippen LogP contribution in [-0.4, -0.2) is 50.6 Å². The molecule has 1 aliphatic heterocycles. The van der Waals surface area contributed by atoms with E-state index >= 15 is 0 Å². The molecule has 0 N–H and O–H groups in total. The van der Waals surface area contributed by atoms with E-state index in [0.29, 0.717) is 34.7 Å². The summed E-state index contributed by atoms with van der Waals surface area (Å²) in [5, 5.41) is 14.0. The summed E-state index contributed by atoms with van der Waals surface area (Å²) < 4.78 is 43.1. The van der Waals surface area contributed by atoms with Gasteiger partial charge in [-0.2, -0.15) is 5.10 Å². The van der Waals surface area contributed by atoms with Gasteiger partial charge < -0.3 is 9.64 Å². The molecule has 3 aromatic carbocycles. The van der Waals surface area contributed by atoms with Gasteiger partial charge in [-0.05, 0) is 47.4 Å². The molecule has 4 aromatic rings. The Kier molecular flexibility index (Phi) is 8.95. The molecule has 5 rings (SSSR count). The first-order valence-electron chi connectivity index (χ1n) is 13.7. The lowest BCUT2D eigenvalue weighted by Gasteiger charge is -2.30. The first-order chi connectivity index (χ1) is 20.6. The fourth-order valence-electron chi connectivity index (χ4n) is 4.56. The van der Waals surface area contributed by atoms with Crippen molar-refractivity contribution in [2.75, 3.05) is 17.2 Å². The van der Waals surface area contributed by atoms with Gasteiger partial charge in [0, 0.05) is 17.7 Å². The molecule has 43 heavy (non-hydrogen) atoms. The lowest BCUT2D eigenvalue weighted by Crippen LogP contribution is -2.40. The van der Waals surface area contributed by atoms with E-state index in [0.717, 1.165) is 22.4 Å². The summed E-state index contributed by atoms with van der Waals surface area (Å²) in [6, 6.07) is 21.0. The molecule has 1 saturated heterocycles. The van der Waals surface area contributed by atoms with Gasteiger partial charge in [0.2, 0.25) is 0 Å². The number of hydrogen-bond acceptors (Lipinski definition) is 7. The minimum absolute atomic E-state index is 0.136. The Hall–Kier alpha value is -4.45. The molecule has 0 bridgehead atoms. The van der Waals surface area contributed by atoms with Crippen LogP contribution in [-0.2, 0) is 11.2 Å². The number of Topliss-reactive ketones (excluding diaryl/α,β-unsaturated/α-hetero) is 1. The number of aromatic nitrogens is 3. The molecule has 1 fully saturated rings. The molecule has 0 atom stereocenters. The molecule has 2 heterocycles. The summed E-state index contributed by atoms with van der Waals surface area (Å²) >= 11 is 1.37. The highest BCUT2D eigenvalue weighted by Gasteiger charge is 2.31. The van der Waals surface area contributed by atoms with Crippen molar-refractivity contribution >= 4 is 34.6 Å². The van der Waals surface area contributed by atoms with E-state index in [2.05, 4.69) is 44.9 Å². The van der Waals surface area contributed by atoms with Gasteiger partial charge in [-0.15, -0.1) is 23.4 Å². The molecular formula is C31H29F3N6O2S. The van der Waals surface area contributed by atoms with Gasteiger partial charge in [-0.1, -0.05) is 75.0 Å². The van der Waals surface area contributed by atoms with Crippen molar-refractivity contribution in [3.8, 4) is 22.8 Å². The minimum atomic E-state index is -4.75. The lowest BCUT2D eigenvalue weighted by molar-refractivity contribution is -0.274. The molecule has 0 saturated carbocycles. The van der Waals surface area contributed by atoms with Crippen LogP contribution in [0.3, 0.4) is 0 Å². The van der Waals surface area contributed by atoms with Crippen LogP contribution in [0.15, 0.2) is 83.0 Å². The fourth-order valence-corrected chi connectivity index (χ4v) is 5.36. The zero-order valence-corrected chi connectivity index (χ0v) is 24.6. The maximum absolute atomic E-state index is 12.5. The Balaban J connectivity index is 1.32. The second-order valence-corrected chi connectivity index (χ2v) is 11.0. The number of aryl methyl sites for hydroxylation is 1. The number of alkyl halides is 3. The summed E-state index contributed by atoms with van der Waals surface area (Å²) in [6.07, 6.45) is -2.54. The van der Waals surface area contributed by atoms with Gasteiger partial charge in [0.25, 0.3) is 0 Å². The van der Waals surface area contributed by atoms with Gasteiger partial charge in [0.15, 0.2) is 16.8 Å². The number of anilines is 1. The highest BCUT2D eigenvalue weighted by atomic mass is 32.2. The van der Waals surface area contributed by atoms with Crippen LogP contribution in [0.25, 0.3) is 17.1 Å². The van der Waals surface area contributed by atoms with Crippen LogP contribution >= 0.6 is 11.8 Å². The van der Waals surface area contributed by atoms with Crippen LogP contribution in [0, 0.1) is 0 Å². The standard InChI is InChI=1S/C31H29F3N6O2S/c1-4-28-36-29(38-40(28)23-13-15-25(16-14-23)42-31(32,33)34)22-11-9-21(10-12-22)17-35-37-30-39(18-24(41)19-43-30)27-8-6-5-7-26(27)20(2)3/h5-17,20H,4,18-19H2,1-3H3. The molecule has 0 aliphatic carbocycles. The lowest BCUT2D eigenvalue weighted by atomic mass is 10.0. The number of carbonyl (C=O) groups excluding carboxylic acids is 1. The first kappa shape index (κ1) is 30.0. The van der Waals surface area contributed by atoms with Crippen LogP contribution in [0.2, 0.25) is 0 Å². The smallest absolute Gasteiger partial charge is 0.406 e. The number of para-hydroxylation sites is 1. The third-order valence-electron chi connectivity index (χ3n) is 6.60. The number of halogens is 3. The van der Waals surface area contributed by atoms with E-state index in [1.807, 2.05) is 54.3 Å². The van der Waals surface area contributed by atoms with E-state index in [9.17, 15) is 18.0 Å². The number of rotatable bonds is 8. The fraction of sp³-hybridized carbons (Fsp3) is 0.258. The number of amidine groups is 1. The molecule has 0 spiro atoms. The third-order valence-corrected chi connectivity index (χ3v) is 7.63. The normalized spacial score (nSPS) is 15.2. The van der Waals surface area contributed by atoms with Crippen LogP contribution in [0.4, 0.5) is 18.9 Å². The van der Waals surface area contributed by atoms with Gasteiger partial charge >= 0.3 is 6.36 Å². The molecule has 8 nitrogen and oxygen atoms in total. The predicted octanol–water partition coefficient (Wildman–Crippen LogP) is 7.03. The number of ketones is 1. The summed E-state index contributed by atoms with van der Waals surface area (Å²) in [4.78, 5) is 18.8. The molecular weight excluding hydrogens is 577 g/mol. The summed E-state index contributed by atoms with van der Waals surface area (Å²) in [5.74, 6) is 1.62. The van der Waals surface area contributed by atoms with Gasteiger partial charge in [-0.25, -0.2) is 9.67 Å². The van der Waals surface area contributed by atoms with Crippen molar-refractivity contribution in [2.24, 2.45) is 10.2 Å². The average Bonchev–Trinajstić information content (AvgIpc) is 3.42. The van der Waals surface area contributed by atoms with Crippen molar-refractivity contribution in [2.45, 2.75) is 39.5 Å². The largest absolute Gasteiger partial charge is 0.573 e. The third kappa shape index (κ3) is 7.31. The SMILES string of the molecule is CCc1nc(-c2ccc(C=NN=C3SCC(=O)CN3c3ccccc3C(C)C)cc2)nn1-c1ccc(OC(F)(F)F)cc1. The van der Waals surface area contributed by atoms with Crippen LogP contribution in [0.5, 0.6) is 5.75 Å². The summed E-state index contributed by atoms with van der Waals surface area (Å²) in [5.41, 5.74) is 4.25. The summed E-state index contributed by atoms with van der Waals surface area (Å²) in [7, 11) is 0. The number of thioether (sulfide) groups is 1. The maximum atomic E-state index is 12.5. The molecule has 0 unspecified atom stereocenters. The van der Waals surface area contributed by atoms with Crippen molar-refractivity contribution in [3.05, 3.63) is 89.7 Å². The van der Waals surface area contributed by atoms with E-state index in [4.69, 9.17) is 0 Å². The molecule has 0 radical (unpaired) electrons.